The average Bonchev–Trinajstić information content (AvgIpc) is 3.80. The van der Waals surface area contributed by atoms with Crippen molar-refractivity contribution in [3.8, 4) is 11.9 Å². The number of nitrogens with zero attached hydrogens (tertiary/aromatic N) is 15. The highest BCUT2D eigenvalue weighted by atomic mass is 16.4. The summed E-state index contributed by atoms with van der Waals surface area (Å²) in [5.74, 6) is -2.78. The highest BCUT2D eigenvalue weighted by Crippen LogP contribution is 2.34. The molecule has 5 aromatic heterocycles. The zero-order valence-corrected chi connectivity index (χ0v) is 27.0. The number of carbonyl (C=O) groups is 2. The van der Waals surface area contributed by atoms with E-state index >= 15 is 0 Å². The van der Waals surface area contributed by atoms with E-state index in [1.165, 1.54) is 45.2 Å². The van der Waals surface area contributed by atoms with E-state index in [1.807, 2.05) is 13.8 Å². The summed E-state index contributed by atoms with van der Waals surface area (Å²) in [6.07, 6.45) is 6.44. The van der Waals surface area contributed by atoms with Crippen molar-refractivity contribution in [1.82, 2.24) is 54.1 Å². The summed E-state index contributed by atoms with van der Waals surface area (Å²) in [7, 11) is 3.07. The maximum absolute atomic E-state index is 11.6. The summed E-state index contributed by atoms with van der Waals surface area (Å²) >= 11 is 0. The van der Waals surface area contributed by atoms with Crippen LogP contribution in [0.1, 0.15) is 71.6 Å². The van der Waals surface area contributed by atoms with Crippen LogP contribution in [0.4, 0.5) is 40.6 Å². The lowest BCUT2D eigenvalue weighted by molar-refractivity contribution is 0.0686. The van der Waals surface area contributed by atoms with Gasteiger partial charge in [-0.05, 0) is 25.7 Å². The standard InChI is InChI=1S/C27H34N18O4/c1-5-7-9-15-17(36-38-21-13(23(46)47)11-31-42(21)3)19(28)44(40-15)26-33-25(30)34-27(35-26)45-20(29)18(16(41-45)10-8-6-2)37-39-22-14(24(48)49)12-32-43(22)4/h11-12H,5-10,28-29H2,1-4H3,(H,46,47)(H,48,49)(H2,30,33,34,35)/b38-36+,39-37+. The molecule has 0 saturated carbocycles. The quantitative estimate of drug-likeness (QED) is 0.105. The van der Waals surface area contributed by atoms with E-state index in [2.05, 4.69) is 55.8 Å². The van der Waals surface area contributed by atoms with E-state index in [0.717, 1.165) is 25.7 Å². The summed E-state index contributed by atoms with van der Waals surface area (Å²) in [4.78, 5) is 36.2. The van der Waals surface area contributed by atoms with Gasteiger partial charge in [0.05, 0.1) is 23.8 Å². The first-order valence-electron chi connectivity index (χ1n) is 15.1. The number of rotatable bonds is 14. The third-order valence-corrected chi connectivity index (χ3v) is 7.24. The molecule has 22 heteroatoms. The van der Waals surface area contributed by atoms with Gasteiger partial charge >= 0.3 is 11.9 Å². The third kappa shape index (κ3) is 6.77. The lowest BCUT2D eigenvalue weighted by Gasteiger charge is -2.07. The molecule has 0 bridgehead atoms. The van der Waals surface area contributed by atoms with E-state index in [9.17, 15) is 19.8 Å². The molecule has 256 valence electrons. The Morgan fingerprint density at radius 2 is 1.10 bits per heavy atom. The summed E-state index contributed by atoms with van der Waals surface area (Å²) in [6, 6.07) is 0. The van der Waals surface area contributed by atoms with Crippen LogP contribution < -0.4 is 17.2 Å². The minimum absolute atomic E-state index is 0.00224. The molecule has 0 atom stereocenters. The molecular formula is C27H34N18O4. The second-order valence-electron chi connectivity index (χ2n) is 10.7. The molecule has 0 spiro atoms. The maximum atomic E-state index is 11.6. The van der Waals surface area contributed by atoms with Gasteiger partial charge in [0.15, 0.2) is 34.6 Å². The number of aromatic carboxylic acids is 2. The van der Waals surface area contributed by atoms with Crippen LogP contribution in [-0.2, 0) is 26.9 Å². The van der Waals surface area contributed by atoms with Crippen molar-refractivity contribution in [2.45, 2.75) is 52.4 Å². The summed E-state index contributed by atoms with van der Waals surface area (Å²) in [5, 5.41) is 52.9. The Bertz CT molecular complexity index is 1940. The summed E-state index contributed by atoms with van der Waals surface area (Å²) < 4.78 is 4.99. The van der Waals surface area contributed by atoms with Crippen LogP contribution >= 0.6 is 0 Å². The number of nitrogen functional groups attached to an aromatic ring is 3. The topological polar surface area (TPSA) is 312 Å². The average molecular weight is 675 g/mol. The molecule has 49 heavy (non-hydrogen) atoms. The zero-order valence-electron chi connectivity index (χ0n) is 27.0. The summed E-state index contributed by atoms with van der Waals surface area (Å²) in [5.41, 5.74) is 20.1. The first-order valence-corrected chi connectivity index (χ1v) is 15.1. The number of unbranched alkanes of at least 4 members (excludes halogenated alkanes) is 2. The van der Waals surface area contributed by atoms with Gasteiger partial charge in [-0.15, -0.1) is 20.5 Å². The summed E-state index contributed by atoms with van der Waals surface area (Å²) in [6.45, 7) is 4.02. The molecule has 22 nitrogen and oxygen atoms in total. The number of carboxylic acids is 2. The van der Waals surface area contributed by atoms with Crippen LogP contribution in [0.25, 0.3) is 11.9 Å². The van der Waals surface area contributed by atoms with Gasteiger partial charge in [0, 0.05) is 14.1 Å². The van der Waals surface area contributed by atoms with Gasteiger partial charge < -0.3 is 27.4 Å². The second kappa shape index (κ2) is 14.0. The molecule has 0 radical (unpaired) electrons. The first-order chi connectivity index (χ1) is 23.4. The molecule has 0 aliphatic carbocycles. The van der Waals surface area contributed by atoms with Crippen molar-refractivity contribution in [1.29, 1.82) is 0 Å². The van der Waals surface area contributed by atoms with Crippen molar-refractivity contribution in [2.75, 3.05) is 17.2 Å². The molecule has 0 amide bonds. The van der Waals surface area contributed by atoms with Crippen LogP contribution in [0.3, 0.4) is 0 Å². The number of hydrogen-bond donors (Lipinski definition) is 5. The van der Waals surface area contributed by atoms with Crippen molar-refractivity contribution in [3.63, 3.8) is 0 Å². The van der Waals surface area contributed by atoms with Gasteiger partial charge in [0.2, 0.25) is 5.95 Å². The number of hydrogen-bond acceptors (Lipinski definition) is 16. The number of azo groups is 2. The normalized spacial score (nSPS) is 11.8. The fourth-order valence-corrected chi connectivity index (χ4v) is 4.64. The maximum Gasteiger partial charge on any atom is 0.341 e. The lowest BCUT2D eigenvalue weighted by atomic mass is 10.2. The Labute approximate surface area is 277 Å². The number of aromatic nitrogens is 11. The van der Waals surface area contributed by atoms with E-state index in [1.54, 1.807) is 0 Å². The van der Waals surface area contributed by atoms with Crippen molar-refractivity contribution in [3.05, 3.63) is 34.9 Å². The predicted molar refractivity (Wildman–Crippen MR) is 173 cm³/mol. The molecule has 0 aliphatic rings. The van der Waals surface area contributed by atoms with Gasteiger partial charge in [-0.25, -0.2) is 19.0 Å². The Hall–Kier alpha value is -6.61. The fraction of sp³-hybridized carbons (Fsp3) is 0.370. The lowest BCUT2D eigenvalue weighted by Crippen LogP contribution is -2.15. The van der Waals surface area contributed by atoms with Gasteiger partial charge in [-0.1, -0.05) is 26.7 Å². The molecule has 5 heterocycles. The minimum atomic E-state index is -1.22. The van der Waals surface area contributed by atoms with Gasteiger partial charge in [-0.2, -0.15) is 44.7 Å². The van der Waals surface area contributed by atoms with Crippen molar-refractivity contribution in [2.24, 2.45) is 34.6 Å². The number of aryl methyl sites for hydroxylation is 4. The third-order valence-electron chi connectivity index (χ3n) is 7.24. The monoisotopic (exact) mass is 674 g/mol. The van der Waals surface area contributed by atoms with Gasteiger partial charge in [0.25, 0.3) is 11.9 Å². The number of anilines is 3. The van der Waals surface area contributed by atoms with Crippen molar-refractivity contribution < 1.29 is 19.8 Å². The Morgan fingerprint density at radius 1 is 0.694 bits per heavy atom. The molecule has 0 unspecified atom stereocenters. The molecule has 5 aromatic rings. The number of carboxylic acid groups (broad SMARTS) is 2. The largest absolute Gasteiger partial charge is 0.477 e. The number of nitrogens with two attached hydrogens (primary N) is 3. The SMILES string of the molecule is CCCCc1nn(-c2nc(N)nc(-n3nc(CCCC)c(/N=N/c4c(C(=O)O)cnn4C)c3N)n2)c(N)c1/N=N/c1c(C(=O)O)cnn1C. The van der Waals surface area contributed by atoms with Gasteiger partial charge in [-0.3, -0.25) is 0 Å². The second-order valence-corrected chi connectivity index (χ2v) is 10.7. The van der Waals surface area contributed by atoms with Crippen LogP contribution in [-0.4, -0.2) is 76.2 Å². The van der Waals surface area contributed by atoms with Crippen LogP contribution in [0.2, 0.25) is 0 Å². The predicted octanol–water partition coefficient (Wildman–Crippen LogP) is 3.37. The Kier molecular flexibility index (Phi) is 9.66. The molecule has 0 aromatic carbocycles. The molecule has 0 fully saturated rings. The van der Waals surface area contributed by atoms with Crippen LogP contribution in [0.5, 0.6) is 0 Å². The highest BCUT2D eigenvalue weighted by Gasteiger charge is 2.24. The molecular weight excluding hydrogens is 640 g/mol. The Morgan fingerprint density at radius 3 is 1.47 bits per heavy atom. The zero-order chi connectivity index (χ0) is 35.4. The fourth-order valence-electron chi connectivity index (χ4n) is 4.64. The van der Waals surface area contributed by atoms with E-state index in [0.29, 0.717) is 24.2 Å². The van der Waals surface area contributed by atoms with E-state index in [-0.39, 0.29) is 63.6 Å². The molecule has 0 aliphatic heterocycles. The molecule has 5 rings (SSSR count). The first kappa shape index (κ1) is 33.7. The highest BCUT2D eigenvalue weighted by molar-refractivity contribution is 5.92. The Balaban J connectivity index is 1.59. The van der Waals surface area contributed by atoms with Crippen LogP contribution in [0, 0.1) is 0 Å². The molecule has 8 N–H and O–H groups in total. The smallest absolute Gasteiger partial charge is 0.341 e. The van der Waals surface area contributed by atoms with Crippen molar-refractivity contribution >= 4 is 52.5 Å². The van der Waals surface area contributed by atoms with Crippen LogP contribution in [0.15, 0.2) is 32.9 Å². The van der Waals surface area contributed by atoms with E-state index < -0.39 is 11.9 Å². The van der Waals surface area contributed by atoms with E-state index in [4.69, 9.17) is 17.2 Å². The molecule has 0 saturated heterocycles. The minimum Gasteiger partial charge on any atom is -0.477 e. The van der Waals surface area contributed by atoms with Gasteiger partial charge in [0.1, 0.15) is 11.1 Å².